The first-order chi connectivity index (χ1) is 12.6. The van der Waals surface area contributed by atoms with Crippen LogP contribution < -0.4 is 10.6 Å². The highest BCUT2D eigenvalue weighted by atomic mass is 16.2. The van der Waals surface area contributed by atoms with E-state index < -0.39 is 0 Å². The fraction of sp³-hybridized carbons (Fsp3) is 0.722. The van der Waals surface area contributed by atoms with Crippen molar-refractivity contribution in [2.45, 2.75) is 38.3 Å². The van der Waals surface area contributed by atoms with Crippen LogP contribution in [0.3, 0.4) is 0 Å². The van der Waals surface area contributed by atoms with Gasteiger partial charge in [-0.1, -0.05) is 0 Å². The molecule has 3 aliphatic rings. The van der Waals surface area contributed by atoms with Gasteiger partial charge in [-0.2, -0.15) is 0 Å². The second kappa shape index (κ2) is 7.56. The number of piperidine rings is 1. The highest BCUT2D eigenvalue weighted by Gasteiger charge is 2.42. The Balaban J connectivity index is 1.35. The molecule has 0 spiro atoms. The van der Waals surface area contributed by atoms with E-state index in [0.717, 1.165) is 51.4 Å². The topological polar surface area (TPSA) is 76.6 Å². The summed E-state index contributed by atoms with van der Waals surface area (Å²) in [5.74, 6) is 1.14. The van der Waals surface area contributed by atoms with Gasteiger partial charge in [0.15, 0.2) is 0 Å². The number of carbonyl (C=O) groups is 1. The SMILES string of the molecule is CC(c1ncccn1)N1CCN(C2NC(=O)C3CCCN(C)C3N2)CC1. The summed E-state index contributed by atoms with van der Waals surface area (Å²) < 4.78 is 0. The zero-order chi connectivity index (χ0) is 18.1. The highest BCUT2D eigenvalue weighted by molar-refractivity contribution is 5.80. The van der Waals surface area contributed by atoms with Crippen molar-refractivity contribution in [3.05, 3.63) is 24.3 Å². The second-order valence-electron chi connectivity index (χ2n) is 7.61. The van der Waals surface area contributed by atoms with Crippen LogP contribution in [0.5, 0.6) is 0 Å². The number of amides is 1. The van der Waals surface area contributed by atoms with E-state index in [4.69, 9.17) is 0 Å². The van der Waals surface area contributed by atoms with E-state index in [1.54, 1.807) is 12.4 Å². The molecule has 3 saturated heterocycles. The first kappa shape index (κ1) is 17.8. The number of fused-ring (bicyclic) bond motifs is 1. The second-order valence-corrected chi connectivity index (χ2v) is 7.61. The molecule has 3 aliphatic heterocycles. The monoisotopic (exact) mass is 359 g/mol. The van der Waals surface area contributed by atoms with E-state index in [-0.39, 0.29) is 30.3 Å². The molecule has 26 heavy (non-hydrogen) atoms. The van der Waals surface area contributed by atoms with E-state index >= 15 is 0 Å². The molecule has 8 heteroatoms. The minimum atomic E-state index is -0.0743. The maximum absolute atomic E-state index is 12.6. The van der Waals surface area contributed by atoms with Crippen LogP contribution in [0.2, 0.25) is 0 Å². The number of hydrogen-bond acceptors (Lipinski definition) is 7. The molecule has 0 aromatic carbocycles. The Morgan fingerprint density at radius 3 is 2.62 bits per heavy atom. The summed E-state index contributed by atoms with van der Waals surface area (Å²) in [6.07, 6.45) is 5.74. The van der Waals surface area contributed by atoms with Crippen molar-refractivity contribution in [3.8, 4) is 0 Å². The van der Waals surface area contributed by atoms with Gasteiger partial charge in [-0.05, 0) is 39.4 Å². The summed E-state index contributed by atoms with van der Waals surface area (Å²) in [7, 11) is 2.11. The van der Waals surface area contributed by atoms with Crippen LogP contribution in [0.1, 0.15) is 31.6 Å². The first-order valence-electron chi connectivity index (χ1n) is 9.65. The molecule has 4 atom stereocenters. The van der Waals surface area contributed by atoms with Crippen molar-refractivity contribution in [1.29, 1.82) is 0 Å². The zero-order valence-electron chi connectivity index (χ0n) is 15.6. The largest absolute Gasteiger partial charge is 0.328 e. The summed E-state index contributed by atoms with van der Waals surface area (Å²) in [4.78, 5) is 28.4. The van der Waals surface area contributed by atoms with E-state index in [1.165, 1.54) is 0 Å². The third kappa shape index (κ3) is 3.46. The number of aromatic nitrogens is 2. The third-order valence-corrected chi connectivity index (χ3v) is 6.05. The quantitative estimate of drug-likeness (QED) is 0.776. The molecule has 2 N–H and O–H groups in total. The lowest BCUT2D eigenvalue weighted by Gasteiger charge is -2.49. The van der Waals surface area contributed by atoms with Crippen molar-refractivity contribution < 1.29 is 4.79 Å². The van der Waals surface area contributed by atoms with Gasteiger partial charge in [0.05, 0.1) is 18.1 Å². The smallest absolute Gasteiger partial charge is 0.228 e. The number of nitrogens with one attached hydrogen (secondary N) is 2. The van der Waals surface area contributed by atoms with E-state index in [1.807, 2.05) is 6.07 Å². The van der Waals surface area contributed by atoms with Gasteiger partial charge in [0.25, 0.3) is 0 Å². The Hall–Kier alpha value is -1.61. The molecule has 1 aromatic rings. The minimum absolute atomic E-state index is 0.0709. The van der Waals surface area contributed by atoms with Crippen molar-refractivity contribution in [1.82, 2.24) is 35.3 Å². The van der Waals surface area contributed by atoms with Gasteiger partial charge in [0.1, 0.15) is 12.1 Å². The number of hydrogen-bond donors (Lipinski definition) is 2. The van der Waals surface area contributed by atoms with Crippen molar-refractivity contribution in [2.24, 2.45) is 5.92 Å². The van der Waals surface area contributed by atoms with Crippen molar-refractivity contribution >= 4 is 5.91 Å². The number of carbonyl (C=O) groups excluding carboxylic acids is 1. The summed E-state index contributed by atoms with van der Waals surface area (Å²) in [5, 5.41) is 6.85. The normalized spacial score (nSPS) is 32.7. The highest BCUT2D eigenvalue weighted by Crippen LogP contribution is 2.25. The third-order valence-electron chi connectivity index (χ3n) is 6.05. The molecule has 4 heterocycles. The molecule has 0 aliphatic carbocycles. The number of rotatable bonds is 3. The lowest BCUT2D eigenvalue weighted by atomic mass is 9.92. The lowest BCUT2D eigenvalue weighted by Crippen LogP contribution is -2.72. The fourth-order valence-corrected chi connectivity index (χ4v) is 4.40. The van der Waals surface area contributed by atoms with Crippen molar-refractivity contribution in [3.63, 3.8) is 0 Å². The summed E-state index contributed by atoms with van der Waals surface area (Å²) in [6.45, 7) is 6.92. The fourth-order valence-electron chi connectivity index (χ4n) is 4.40. The molecule has 1 aromatic heterocycles. The average molecular weight is 359 g/mol. The van der Waals surface area contributed by atoms with Crippen LogP contribution in [0.4, 0.5) is 0 Å². The summed E-state index contributed by atoms with van der Waals surface area (Å²) >= 11 is 0. The van der Waals surface area contributed by atoms with Gasteiger partial charge in [0, 0.05) is 38.6 Å². The molecule has 1 amide bonds. The van der Waals surface area contributed by atoms with Gasteiger partial charge in [0.2, 0.25) is 5.91 Å². The Labute approximate surface area is 155 Å². The Bertz CT molecular complexity index is 619. The number of piperazine rings is 1. The predicted molar refractivity (Wildman–Crippen MR) is 97.8 cm³/mol. The van der Waals surface area contributed by atoms with Crippen LogP contribution in [0, 0.1) is 5.92 Å². The molecule has 0 saturated carbocycles. The van der Waals surface area contributed by atoms with Crippen LogP contribution in [-0.4, -0.2) is 82.8 Å². The first-order valence-corrected chi connectivity index (χ1v) is 9.65. The van der Waals surface area contributed by atoms with Crippen LogP contribution in [-0.2, 0) is 4.79 Å². The van der Waals surface area contributed by atoms with E-state index in [9.17, 15) is 4.79 Å². The summed E-state index contributed by atoms with van der Waals surface area (Å²) in [5.41, 5.74) is 0. The molecule has 8 nitrogen and oxygen atoms in total. The van der Waals surface area contributed by atoms with Gasteiger partial charge in [-0.3, -0.25) is 24.8 Å². The molecule has 0 radical (unpaired) electrons. The Morgan fingerprint density at radius 2 is 1.88 bits per heavy atom. The lowest BCUT2D eigenvalue weighted by molar-refractivity contribution is -0.139. The molecule has 4 unspecified atom stereocenters. The molecule has 3 fully saturated rings. The van der Waals surface area contributed by atoms with Gasteiger partial charge in [-0.15, -0.1) is 0 Å². The molecule has 0 bridgehead atoms. The van der Waals surface area contributed by atoms with Crippen LogP contribution in [0.15, 0.2) is 18.5 Å². The molecular weight excluding hydrogens is 330 g/mol. The number of nitrogens with zero attached hydrogens (tertiary/aromatic N) is 5. The molecule has 4 rings (SSSR count). The van der Waals surface area contributed by atoms with Gasteiger partial charge in [-0.25, -0.2) is 9.97 Å². The maximum Gasteiger partial charge on any atom is 0.228 e. The van der Waals surface area contributed by atoms with Crippen LogP contribution >= 0.6 is 0 Å². The Kier molecular flexibility index (Phi) is 5.17. The molecule has 142 valence electrons. The molecular formula is C18H29N7O. The van der Waals surface area contributed by atoms with Crippen LogP contribution in [0.25, 0.3) is 0 Å². The maximum atomic E-state index is 12.6. The van der Waals surface area contributed by atoms with Gasteiger partial charge < -0.3 is 5.32 Å². The van der Waals surface area contributed by atoms with E-state index in [0.29, 0.717) is 0 Å². The minimum Gasteiger partial charge on any atom is -0.328 e. The van der Waals surface area contributed by atoms with Crippen molar-refractivity contribution in [2.75, 3.05) is 39.8 Å². The van der Waals surface area contributed by atoms with Gasteiger partial charge >= 0.3 is 0 Å². The Morgan fingerprint density at radius 1 is 1.15 bits per heavy atom. The zero-order valence-corrected chi connectivity index (χ0v) is 15.6. The summed E-state index contributed by atoms with van der Waals surface area (Å²) in [6, 6.07) is 2.06. The standard InChI is InChI=1S/C18H29N7O/c1-13(15-19-6-4-7-20-15)24-9-11-25(12-10-24)18-21-16-14(17(26)22-18)5-3-8-23(16)2/h4,6-7,13-14,16,18,21H,3,5,8-12H2,1-2H3,(H,22,26). The van der Waals surface area contributed by atoms with E-state index in [2.05, 4.69) is 49.3 Å². The number of likely N-dealkylation sites (tertiary alicyclic amines) is 1. The predicted octanol–water partition coefficient (Wildman–Crippen LogP) is -0.174. The average Bonchev–Trinajstić information content (AvgIpc) is 2.69.